The average Bonchev–Trinajstić information content (AvgIpc) is 3.23. The lowest BCUT2D eigenvalue weighted by Gasteiger charge is -2.07. The summed E-state index contributed by atoms with van der Waals surface area (Å²) in [5.41, 5.74) is 2.58. The summed E-state index contributed by atoms with van der Waals surface area (Å²) in [6, 6.07) is 13.0. The number of furan rings is 1. The Morgan fingerprint density at radius 2 is 2.08 bits per heavy atom. The molecule has 0 saturated carbocycles. The van der Waals surface area contributed by atoms with Gasteiger partial charge in [-0.05, 0) is 71.1 Å². The Bertz CT molecular complexity index is 1070. The maximum atomic E-state index is 13.2. The summed E-state index contributed by atoms with van der Waals surface area (Å²) in [4.78, 5) is 20.0. The smallest absolute Gasteiger partial charge is 0.256 e. The molecule has 1 amide bonds. The van der Waals surface area contributed by atoms with Crippen molar-refractivity contribution in [1.82, 2.24) is 9.97 Å². The van der Waals surface area contributed by atoms with Crippen LogP contribution in [0.5, 0.6) is 0 Å². The van der Waals surface area contributed by atoms with Crippen LogP contribution in [0.25, 0.3) is 22.6 Å². The van der Waals surface area contributed by atoms with E-state index in [1.54, 1.807) is 24.5 Å². The Balaban J connectivity index is 1.62. The lowest BCUT2D eigenvalue weighted by molar-refractivity contribution is 0.102. The number of hydrogen-bond donors (Lipinski definition) is 2. The van der Waals surface area contributed by atoms with E-state index in [2.05, 4.69) is 15.3 Å². The van der Waals surface area contributed by atoms with Crippen LogP contribution in [0.15, 0.2) is 59.2 Å². The molecule has 0 unspecified atom stereocenters. The molecule has 0 radical (unpaired) electrons. The molecule has 2 aromatic heterocycles. The lowest BCUT2D eigenvalue weighted by atomic mass is 10.2. The summed E-state index contributed by atoms with van der Waals surface area (Å²) in [6.07, 6.45) is 1.58. The SMILES string of the molecule is O=C(Nc1ccc2nc(-c3ccco3)[nH]c2c1)c1ccc(F)cc1I. The minimum Gasteiger partial charge on any atom is -0.461 e. The van der Waals surface area contributed by atoms with Crippen LogP contribution >= 0.6 is 22.6 Å². The lowest BCUT2D eigenvalue weighted by Crippen LogP contribution is -2.13. The number of H-pyrrole nitrogens is 1. The first-order valence-corrected chi connectivity index (χ1v) is 8.48. The third-order valence-corrected chi connectivity index (χ3v) is 4.56. The van der Waals surface area contributed by atoms with Gasteiger partial charge in [0.05, 0.1) is 22.9 Å². The highest BCUT2D eigenvalue weighted by Gasteiger charge is 2.12. The molecule has 0 bridgehead atoms. The summed E-state index contributed by atoms with van der Waals surface area (Å²) in [7, 11) is 0. The number of nitrogens with zero attached hydrogens (tertiary/aromatic N) is 1. The Kier molecular flexibility index (Phi) is 4.00. The van der Waals surface area contributed by atoms with Crippen LogP contribution in [-0.4, -0.2) is 15.9 Å². The Morgan fingerprint density at radius 1 is 1.20 bits per heavy atom. The third kappa shape index (κ3) is 3.14. The van der Waals surface area contributed by atoms with Gasteiger partial charge in [0.15, 0.2) is 11.6 Å². The highest BCUT2D eigenvalue weighted by molar-refractivity contribution is 14.1. The maximum absolute atomic E-state index is 13.2. The second-order valence-electron chi connectivity index (χ2n) is 5.37. The number of imidazole rings is 1. The van der Waals surface area contributed by atoms with E-state index in [0.29, 0.717) is 26.4 Å². The van der Waals surface area contributed by atoms with Crippen molar-refractivity contribution in [3.63, 3.8) is 0 Å². The molecule has 0 atom stereocenters. The van der Waals surface area contributed by atoms with Gasteiger partial charge in [-0.3, -0.25) is 4.79 Å². The molecule has 25 heavy (non-hydrogen) atoms. The van der Waals surface area contributed by atoms with Crippen LogP contribution in [0.1, 0.15) is 10.4 Å². The Hall–Kier alpha value is -2.68. The number of hydrogen-bond acceptors (Lipinski definition) is 3. The summed E-state index contributed by atoms with van der Waals surface area (Å²) >= 11 is 1.94. The molecule has 5 nitrogen and oxygen atoms in total. The number of carbonyl (C=O) groups is 1. The normalized spacial score (nSPS) is 11.0. The predicted octanol–water partition coefficient (Wildman–Crippen LogP) is 4.82. The molecule has 0 fully saturated rings. The van der Waals surface area contributed by atoms with Crippen LogP contribution in [0.4, 0.5) is 10.1 Å². The zero-order valence-corrected chi connectivity index (χ0v) is 14.9. The van der Waals surface area contributed by atoms with Crippen LogP contribution in [0.2, 0.25) is 0 Å². The summed E-state index contributed by atoms with van der Waals surface area (Å²) in [5, 5.41) is 2.82. The number of rotatable bonds is 3. The fourth-order valence-electron chi connectivity index (χ4n) is 2.49. The molecule has 124 valence electrons. The molecule has 0 aliphatic heterocycles. The number of anilines is 1. The zero-order chi connectivity index (χ0) is 17.4. The first-order chi connectivity index (χ1) is 12.1. The molecule has 7 heteroatoms. The monoisotopic (exact) mass is 447 g/mol. The molecule has 0 spiro atoms. The van der Waals surface area contributed by atoms with Gasteiger partial charge in [0, 0.05) is 9.26 Å². The minimum absolute atomic E-state index is 0.297. The van der Waals surface area contributed by atoms with Gasteiger partial charge in [-0.25, -0.2) is 9.37 Å². The first-order valence-electron chi connectivity index (χ1n) is 7.40. The van der Waals surface area contributed by atoms with Crippen molar-refractivity contribution in [3.8, 4) is 11.6 Å². The van der Waals surface area contributed by atoms with E-state index >= 15 is 0 Å². The molecule has 4 aromatic rings. The van der Waals surface area contributed by atoms with Crippen LogP contribution in [0.3, 0.4) is 0 Å². The number of benzene rings is 2. The van der Waals surface area contributed by atoms with E-state index in [9.17, 15) is 9.18 Å². The highest BCUT2D eigenvalue weighted by atomic mass is 127. The predicted molar refractivity (Wildman–Crippen MR) is 101 cm³/mol. The van der Waals surface area contributed by atoms with E-state index in [1.807, 2.05) is 34.7 Å². The number of amides is 1. The summed E-state index contributed by atoms with van der Waals surface area (Å²) in [5.74, 6) is 0.596. The zero-order valence-electron chi connectivity index (χ0n) is 12.7. The van der Waals surface area contributed by atoms with E-state index in [1.165, 1.54) is 18.2 Å². The van der Waals surface area contributed by atoms with Crippen molar-refractivity contribution in [1.29, 1.82) is 0 Å². The van der Waals surface area contributed by atoms with E-state index in [4.69, 9.17) is 4.42 Å². The molecule has 2 N–H and O–H groups in total. The van der Waals surface area contributed by atoms with Crippen molar-refractivity contribution in [2.75, 3.05) is 5.32 Å². The van der Waals surface area contributed by atoms with Gasteiger partial charge in [0.2, 0.25) is 0 Å². The minimum atomic E-state index is -0.370. The van der Waals surface area contributed by atoms with Crippen LogP contribution in [-0.2, 0) is 0 Å². The average molecular weight is 447 g/mol. The largest absolute Gasteiger partial charge is 0.461 e. The second-order valence-corrected chi connectivity index (χ2v) is 6.54. The number of aromatic nitrogens is 2. The maximum Gasteiger partial charge on any atom is 0.256 e. The van der Waals surface area contributed by atoms with Crippen LogP contribution < -0.4 is 5.32 Å². The molecule has 0 aliphatic rings. The first kappa shape index (κ1) is 15.8. The number of nitrogens with one attached hydrogen (secondary N) is 2. The van der Waals surface area contributed by atoms with Gasteiger partial charge in [0.25, 0.3) is 5.91 Å². The molecular formula is C18H11FIN3O2. The van der Waals surface area contributed by atoms with Crippen molar-refractivity contribution in [3.05, 3.63) is 69.7 Å². The summed E-state index contributed by atoms with van der Waals surface area (Å²) < 4.78 is 19.1. The van der Waals surface area contributed by atoms with Crippen LogP contribution in [0, 0.1) is 9.39 Å². The van der Waals surface area contributed by atoms with Gasteiger partial charge >= 0.3 is 0 Å². The quantitative estimate of drug-likeness (QED) is 0.443. The fraction of sp³-hybridized carbons (Fsp3) is 0. The van der Waals surface area contributed by atoms with Crippen molar-refractivity contribution < 1.29 is 13.6 Å². The number of carbonyl (C=O) groups excluding carboxylic acids is 1. The van der Waals surface area contributed by atoms with E-state index in [-0.39, 0.29) is 11.7 Å². The Labute approximate surface area is 155 Å². The number of halogens is 2. The van der Waals surface area contributed by atoms with E-state index in [0.717, 1.165) is 11.0 Å². The van der Waals surface area contributed by atoms with Gasteiger partial charge in [-0.15, -0.1) is 0 Å². The topological polar surface area (TPSA) is 70.9 Å². The third-order valence-electron chi connectivity index (χ3n) is 3.67. The molecular weight excluding hydrogens is 436 g/mol. The molecule has 4 rings (SSSR count). The van der Waals surface area contributed by atoms with Gasteiger partial charge in [0.1, 0.15) is 5.82 Å². The second kappa shape index (κ2) is 6.32. The number of fused-ring (bicyclic) bond motifs is 1. The molecule has 2 aromatic carbocycles. The molecule has 0 aliphatic carbocycles. The fourth-order valence-corrected chi connectivity index (χ4v) is 3.21. The van der Waals surface area contributed by atoms with Crippen molar-refractivity contribution in [2.45, 2.75) is 0 Å². The van der Waals surface area contributed by atoms with Crippen molar-refractivity contribution >= 4 is 45.2 Å². The number of aromatic amines is 1. The Morgan fingerprint density at radius 3 is 2.84 bits per heavy atom. The molecule has 0 saturated heterocycles. The van der Waals surface area contributed by atoms with Gasteiger partial charge in [-0.2, -0.15) is 0 Å². The summed E-state index contributed by atoms with van der Waals surface area (Å²) in [6.45, 7) is 0. The van der Waals surface area contributed by atoms with E-state index < -0.39 is 0 Å². The van der Waals surface area contributed by atoms with Crippen molar-refractivity contribution in [2.24, 2.45) is 0 Å². The van der Waals surface area contributed by atoms with Gasteiger partial charge < -0.3 is 14.7 Å². The van der Waals surface area contributed by atoms with Gasteiger partial charge in [-0.1, -0.05) is 0 Å². The molecule has 2 heterocycles. The standard InChI is InChI=1S/C18H11FIN3O2/c19-10-3-5-12(13(20)8-10)18(24)21-11-4-6-14-15(9-11)23-17(22-14)16-2-1-7-25-16/h1-9H,(H,21,24)(H,22,23). The highest BCUT2D eigenvalue weighted by Crippen LogP contribution is 2.24.